The number of rotatable bonds is 3. The lowest BCUT2D eigenvalue weighted by atomic mass is 9.89. The molecule has 1 aromatic rings. The van der Waals surface area contributed by atoms with Crippen molar-refractivity contribution in [3.8, 4) is 0 Å². The van der Waals surface area contributed by atoms with Crippen molar-refractivity contribution in [1.29, 1.82) is 0 Å². The van der Waals surface area contributed by atoms with Crippen molar-refractivity contribution in [3.63, 3.8) is 0 Å². The molecule has 90 valence electrons. The van der Waals surface area contributed by atoms with E-state index in [1.54, 1.807) is 6.20 Å². The van der Waals surface area contributed by atoms with E-state index in [-0.39, 0.29) is 6.04 Å². The van der Waals surface area contributed by atoms with Crippen molar-refractivity contribution in [2.24, 2.45) is 5.92 Å². The Morgan fingerprint density at radius 1 is 1.69 bits per heavy atom. The van der Waals surface area contributed by atoms with Crippen LogP contribution in [0.3, 0.4) is 0 Å². The Kier molecular flexibility index (Phi) is 3.61. The number of nitrogens with one attached hydrogen (secondary N) is 1. The van der Waals surface area contributed by atoms with Gasteiger partial charge in [-0.05, 0) is 32.2 Å². The smallest absolute Gasteiger partial charge is 0.0973 e. The van der Waals surface area contributed by atoms with Crippen molar-refractivity contribution in [1.82, 2.24) is 15.1 Å². The Balaban J connectivity index is 2.02. The summed E-state index contributed by atoms with van der Waals surface area (Å²) in [5.74, 6) is 0.696. The van der Waals surface area contributed by atoms with Crippen LogP contribution in [0.25, 0.3) is 0 Å². The highest BCUT2D eigenvalue weighted by Crippen LogP contribution is 2.25. The van der Waals surface area contributed by atoms with Crippen LogP contribution < -0.4 is 5.32 Å². The van der Waals surface area contributed by atoms with Gasteiger partial charge in [-0.2, -0.15) is 5.10 Å². The zero-order valence-corrected chi connectivity index (χ0v) is 10.1. The van der Waals surface area contributed by atoms with Crippen LogP contribution in [-0.2, 0) is 6.54 Å². The molecule has 1 aliphatic heterocycles. The zero-order valence-electron chi connectivity index (χ0n) is 10.1. The van der Waals surface area contributed by atoms with Gasteiger partial charge in [-0.1, -0.05) is 6.92 Å². The number of aliphatic hydroxyl groups is 1. The number of hydrogen-bond acceptors (Lipinski definition) is 3. The molecule has 0 bridgehead atoms. The molecule has 2 heterocycles. The van der Waals surface area contributed by atoms with E-state index in [2.05, 4.69) is 17.3 Å². The second-order valence-corrected chi connectivity index (χ2v) is 4.76. The molecule has 0 spiro atoms. The summed E-state index contributed by atoms with van der Waals surface area (Å²) in [6, 6.07) is 0.179. The van der Waals surface area contributed by atoms with Gasteiger partial charge in [0.2, 0.25) is 0 Å². The van der Waals surface area contributed by atoms with Gasteiger partial charge in [0.15, 0.2) is 0 Å². The van der Waals surface area contributed by atoms with Crippen LogP contribution >= 0.6 is 0 Å². The second-order valence-electron chi connectivity index (χ2n) is 4.76. The lowest BCUT2D eigenvalue weighted by Gasteiger charge is -2.31. The average molecular weight is 223 g/mol. The van der Waals surface area contributed by atoms with Gasteiger partial charge >= 0.3 is 0 Å². The molecule has 0 saturated carbocycles. The quantitative estimate of drug-likeness (QED) is 0.812. The fraction of sp³-hybridized carbons (Fsp3) is 0.750. The predicted octanol–water partition coefficient (Wildman–Crippen LogP) is 1.32. The minimum atomic E-state index is -0.428. The number of hydrogen-bond donors (Lipinski definition) is 2. The summed E-state index contributed by atoms with van der Waals surface area (Å²) >= 11 is 0. The van der Waals surface area contributed by atoms with E-state index in [4.69, 9.17) is 0 Å². The standard InChI is InChI=1S/C12H21N3O/c1-3-15-8-10(7-14-15)12(16)11-6-9(2)4-5-13-11/h7-9,11-13,16H,3-6H2,1-2H3. The fourth-order valence-corrected chi connectivity index (χ4v) is 2.33. The van der Waals surface area contributed by atoms with Gasteiger partial charge < -0.3 is 10.4 Å². The molecular formula is C12H21N3O. The van der Waals surface area contributed by atoms with E-state index in [1.165, 1.54) is 6.42 Å². The molecule has 4 heteroatoms. The van der Waals surface area contributed by atoms with Crippen LogP contribution in [0.1, 0.15) is 38.4 Å². The van der Waals surface area contributed by atoms with Gasteiger partial charge in [0.05, 0.1) is 12.3 Å². The lowest BCUT2D eigenvalue weighted by molar-refractivity contribution is 0.101. The summed E-state index contributed by atoms with van der Waals surface area (Å²) in [7, 11) is 0. The Hall–Kier alpha value is -0.870. The van der Waals surface area contributed by atoms with Gasteiger partial charge in [0.1, 0.15) is 0 Å². The van der Waals surface area contributed by atoms with Crippen LogP contribution in [0.4, 0.5) is 0 Å². The fourth-order valence-electron chi connectivity index (χ4n) is 2.33. The number of aryl methyl sites for hydroxylation is 1. The molecule has 0 aromatic carbocycles. The number of aromatic nitrogens is 2. The topological polar surface area (TPSA) is 50.1 Å². The summed E-state index contributed by atoms with van der Waals surface area (Å²) < 4.78 is 1.85. The van der Waals surface area contributed by atoms with Crippen molar-refractivity contribution >= 4 is 0 Å². The van der Waals surface area contributed by atoms with Crippen molar-refractivity contribution in [2.75, 3.05) is 6.54 Å². The summed E-state index contributed by atoms with van der Waals surface area (Å²) in [6.07, 6.45) is 5.53. The molecule has 2 rings (SSSR count). The first-order valence-corrected chi connectivity index (χ1v) is 6.14. The molecule has 1 fully saturated rings. The number of piperidine rings is 1. The van der Waals surface area contributed by atoms with E-state index in [0.717, 1.165) is 25.1 Å². The van der Waals surface area contributed by atoms with Gasteiger partial charge in [-0.25, -0.2) is 0 Å². The third-order valence-electron chi connectivity index (χ3n) is 3.40. The molecule has 1 saturated heterocycles. The van der Waals surface area contributed by atoms with Gasteiger partial charge in [0.25, 0.3) is 0 Å². The number of aliphatic hydroxyl groups excluding tert-OH is 1. The highest BCUT2D eigenvalue weighted by Gasteiger charge is 2.26. The van der Waals surface area contributed by atoms with E-state index in [0.29, 0.717) is 5.92 Å². The molecule has 1 aliphatic rings. The van der Waals surface area contributed by atoms with E-state index in [1.807, 2.05) is 17.8 Å². The van der Waals surface area contributed by atoms with Crippen molar-refractivity contribution < 1.29 is 5.11 Å². The largest absolute Gasteiger partial charge is 0.387 e. The van der Waals surface area contributed by atoms with Crippen LogP contribution in [0.2, 0.25) is 0 Å². The van der Waals surface area contributed by atoms with Crippen LogP contribution in [0.15, 0.2) is 12.4 Å². The molecule has 1 aromatic heterocycles. The SMILES string of the molecule is CCn1cc(C(O)C2CC(C)CCN2)cn1. The molecule has 0 radical (unpaired) electrons. The molecule has 3 unspecified atom stereocenters. The Morgan fingerprint density at radius 3 is 3.12 bits per heavy atom. The van der Waals surface area contributed by atoms with Crippen LogP contribution in [0.5, 0.6) is 0 Å². The second kappa shape index (κ2) is 4.97. The van der Waals surface area contributed by atoms with Crippen molar-refractivity contribution in [3.05, 3.63) is 18.0 Å². The summed E-state index contributed by atoms with van der Waals surface area (Å²) in [6.45, 7) is 6.14. The van der Waals surface area contributed by atoms with Crippen molar-refractivity contribution in [2.45, 2.75) is 45.4 Å². The third kappa shape index (κ3) is 2.44. The van der Waals surface area contributed by atoms with Crippen LogP contribution in [0, 0.1) is 5.92 Å². The van der Waals surface area contributed by atoms with Crippen LogP contribution in [-0.4, -0.2) is 27.5 Å². The van der Waals surface area contributed by atoms with Gasteiger partial charge in [-0.15, -0.1) is 0 Å². The maximum Gasteiger partial charge on any atom is 0.0973 e. The lowest BCUT2D eigenvalue weighted by Crippen LogP contribution is -2.41. The van der Waals surface area contributed by atoms with E-state index in [9.17, 15) is 5.11 Å². The Morgan fingerprint density at radius 2 is 2.50 bits per heavy atom. The molecule has 4 nitrogen and oxygen atoms in total. The van der Waals surface area contributed by atoms with E-state index >= 15 is 0 Å². The Bertz CT molecular complexity index is 337. The first-order chi connectivity index (χ1) is 7.70. The van der Waals surface area contributed by atoms with Gasteiger partial charge in [-0.3, -0.25) is 4.68 Å². The average Bonchev–Trinajstić information content (AvgIpc) is 2.76. The maximum atomic E-state index is 10.3. The molecular weight excluding hydrogens is 202 g/mol. The third-order valence-corrected chi connectivity index (χ3v) is 3.40. The van der Waals surface area contributed by atoms with Gasteiger partial charge in [0, 0.05) is 24.3 Å². The molecule has 2 N–H and O–H groups in total. The maximum absolute atomic E-state index is 10.3. The first kappa shape index (κ1) is 11.6. The minimum Gasteiger partial charge on any atom is -0.387 e. The predicted molar refractivity (Wildman–Crippen MR) is 63.0 cm³/mol. The number of nitrogens with zero attached hydrogens (tertiary/aromatic N) is 2. The summed E-state index contributed by atoms with van der Waals surface area (Å²) in [4.78, 5) is 0. The normalized spacial score (nSPS) is 27.9. The molecule has 0 aliphatic carbocycles. The monoisotopic (exact) mass is 223 g/mol. The molecule has 3 atom stereocenters. The van der Waals surface area contributed by atoms with E-state index < -0.39 is 6.10 Å². The first-order valence-electron chi connectivity index (χ1n) is 6.14. The molecule has 16 heavy (non-hydrogen) atoms. The minimum absolute atomic E-state index is 0.179. The zero-order chi connectivity index (χ0) is 11.5. The molecule has 0 amide bonds. The highest BCUT2D eigenvalue weighted by molar-refractivity contribution is 5.11. The summed E-state index contributed by atoms with van der Waals surface area (Å²) in [5.41, 5.74) is 0.924. The highest BCUT2D eigenvalue weighted by atomic mass is 16.3. The Labute approximate surface area is 96.7 Å². The summed E-state index contributed by atoms with van der Waals surface area (Å²) in [5, 5.41) is 17.8.